The van der Waals surface area contributed by atoms with Crippen LogP contribution in [0.25, 0.3) is 5.65 Å². The van der Waals surface area contributed by atoms with E-state index in [2.05, 4.69) is 20.7 Å². The molecule has 2 saturated carbocycles. The number of fused-ring (bicyclic) bond motifs is 1. The molecular formula is C29H29F5N6O2. The minimum atomic E-state index is -4.43. The van der Waals surface area contributed by atoms with Crippen LogP contribution in [0.2, 0.25) is 0 Å². The summed E-state index contributed by atoms with van der Waals surface area (Å²) >= 11 is 0. The molecular weight excluding hydrogens is 559 g/mol. The number of carbonyl (C=O) groups is 2. The monoisotopic (exact) mass is 588 g/mol. The van der Waals surface area contributed by atoms with Crippen molar-refractivity contribution in [3.8, 4) is 6.07 Å². The number of aromatic nitrogens is 3. The van der Waals surface area contributed by atoms with E-state index in [0.29, 0.717) is 22.5 Å². The highest BCUT2D eigenvalue weighted by atomic mass is 19.4. The van der Waals surface area contributed by atoms with Crippen molar-refractivity contribution in [1.82, 2.24) is 25.2 Å². The molecule has 1 aromatic carbocycles. The number of imidazole rings is 1. The first-order valence-corrected chi connectivity index (χ1v) is 13.8. The van der Waals surface area contributed by atoms with Crippen molar-refractivity contribution in [2.75, 3.05) is 0 Å². The predicted molar refractivity (Wildman–Crippen MR) is 140 cm³/mol. The van der Waals surface area contributed by atoms with Crippen LogP contribution in [-0.2, 0) is 4.79 Å². The summed E-state index contributed by atoms with van der Waals surface area (Å²) in [6.45, 7) is 0. The van der Waals surface area contributed by atoms with Crippen molar-refractivity contribution in [1.29, 1.82) is 5.26 Å². The Labute approximate surface area is 238 Å². The van der Waals surface area contributed by atoms with Gasteiger partial charge < -0.3 is 10.6 Å². The van der Waals surface area contributed by atoms with Crippen molar-refractivity contribution in [3.63, 3.8) is 0 Å². The van der Waals surface area contributed by atoms with E-state index in [1.54, 1.807) is 30.5 Å². The maximum Gasteiger partial charge on any atom is 0.389 e. The molecule has 8 nitrogen and oxygen atoms in total. The second-order valence-corrected chi connectivity index (χ2v) is 11.1. The number of carbonyl (C=O) groups excluding carboxylic acids is 2. The number of benzene rings is 1. The fraction of sp³-hybridized carbons (Fsp3) is 0.483. The molecule has 2 fully saturated rings. The number of halogens is 5. The van der Waals surface area contributed by atoms with Gasteiger partial charge in [-0.3, -0.25) is 9.59 Å². The maximum absolute atomic E-state index is 14.0. The molecule has 2 aliphatic carbocycles. The zero-order valence-corrected chi connectivity index (χ0v) is 22.5. The number of alkyl halides is 5. The second-order valence-electron chi connectivity index (χ2n) is 11.1. The van der Waals surface area contributed by atoms with Crippen molar-refractivity contribution >= 4 is 17.5 Å². The zero-order chi connectivity index (χ0) is 30.1. The molecule has 2 atom stereocenters. The summed E-state index contributed by atoms with van der Waals surface area (Å²) in [6, 6.07) is 8.58. The Hall–Kier alpha value is -4.08. The van der Waals surface area contributed by atoms with Crippen LogP contribution in [0.5, 0.6) is 0 Å². The number of hydrogen-bond acceptors (Lipinski definition) is 5. The van der Waals surface area contributed by atoms with Gasteiger partial charge in [-0.2, -0.15) is 23.5 Å². The summed E-state index contributed by atoms with van der Waals surface area (Å²) in [4.78, 5) is 30.1. The summed E-state index contributed by atoms with van der Waals surface area (Å²) in [6.07, 6.45) is -1.88. The summed E-state index contributed by atoms with van der Waals surface area (Å²) in [5, 5.41) is 19.2. The second kappa shape index (κ2) is 11.7. The molecule has 2 aliphatic rings. The normalized spacial score (nSPS) is 18.7. The molecule has 0 spiro atoms. The van der Waals surface area contributed by atoms with E-state index in [4.69, 9.17) is 0 Å². The molecule has 2 aromatic heterocycles. The third-order valence-corrected chi connectivity index (χ3v) is 7.86. The average Bonchev–Trinajstić information content (AvgIpc) is 3.71. The zero-order valence-electron chi connectivity index (χ0n) is 22.5. The van der Waals surface area contributed by atoms with Crippen LogP contribution in [0, 0.1) is 23.2 Å². The lowest BCUT2D eigenvalue weighted by Gasteiger charge is -2.33. The van der Waals surface area contributed by atoms with Crippen molar-refractivity contribution in [2.45, 2.75) is 75.5 Å². The number of nitrogens with zero attached hydrogens (tertiary/aromatic N) is 4. The largest absolute Gasteiger partial charge is 0.389 e. The number of rotatable bonds is 9. The lowest BCUT2D eigenvalue weighted by molar-refractivity contribution is -0.144. The van der Waals surface area contributed by atoms with Crippen LogP contribution in [-0.4, -0.2) is 38.5 Å². The Bertz CT molecular complexity index is 1500. The van der Waals surface area contributed by atoms with Crippen LogP contribution in [0.4, 0.5) is 22.0 Å². The van der Waals surface area contributed by atoms with Gasteiger partial charge in [0.15, 0.2) is 5.65 Å². The summed E-state index contributed by atoms with van der Waals surface area (Å²) in [5.41, 5.74) is 1.93. The number of nitrogens with one attached hydrogen (secondary N) is 2. The van der Waals surface area contributed by atoms with Gasteiger partial charge in [0.05, 0.1) is 48.2 Å². The maximum atomic E-state index is 14.0. The standard InChI is InChI=1S/C29H29F5N6O2/c30-28(31)9-6-19(7-10-28)26(39-27(42)20-3-1-2-17(12-20)14-35)22-16-40-23(37-22)13-21(15-36-40)25(18-4-5-18)38-24(41)8-11-29(32,33)34/h1-3,12-13,15-16,18-19,25-26H,4-11H2,(H,38,41)(H,39,42)/t25-,26+/m1/s1. The molecule has 0 bridgehead atoms. The SMILES string of the molecule is N#Cc1cccc(C(=O)N[C@H](c2cn3ncc([C@H](NC(=O)CCC(F)(F)F)C4CC4)cc3n2)C2CCC(F)(F)CC2)c1. The number of nitriles is 1. The van der Waals surface area contributed by atoms with E-state index in [0.717, 1.165) is 12.8 Å². The van der Waals surface area contributed by atoms with E-state index in [9.17, 15) is 36.8 Å². The highest BCUT2D eigenvalue weighted by Gasteiger charge is 2.40. The van der Waals surface area contributed by atoms with Gasteiger partial charge in [0.1, 0.15) is 0 Å². The molecule has 0 unspecified atom stereocenters. The molecule has 0 aliphatic heterocycles. The molecule has 42 heavy (non-hydrogen) atoms. The summed E-state index contributed by atoms with van der Waals surface area (Å²) < 4.78 is 67.2. The highest BCUT2D eigenvalue weighted by Crippen LogP contribution is 2.43. The molecule has 5 rings (SSSR count). The third-order valence-electron chi connectivity index (χ3n) is 7.86. The van der Waals surface area contributed by atoms with Crippen LogP contribution < -0.4 is 10.6 Å². The third kappa shape index (κ3) is 7.21. The number of hydrogen-bond donors (Lipinski definition) is 2. The molecule has 0 saturated heterocycles. The van der Waals surface area contributed by atoms with Crippen LogP contribution in [0.3, 0.4) is 0 Å². The van der Waals surface area contributed by atoms with Gasteiger partial charge in [-0.1, -0.05) is 6.07 Å². The van der Waals surface area contributed by atoms with E-state index < -0.39 is 48.8 Å². The Kier molecular flexibility index (Phi) is 8.17. The molecule has 2 heterocycles. The van der Waals surface area contributed by atoms with Gasteiger partial charge in [-0.15, -0.1) is 0 Å². The average molecular weight is 589 g/mol. The van der Waals surface area contributed by atoms with Crippen LogP contribution >= 0.6 is 0 Å². The van der Waals surface area contributed by atoms with Crippen LogP contribution in [0.1, 0.15) is 90.6 Å². The molecule has 2 amide bonds. The first-order valence-electron chi connectivity index (χ1n) is 13.8. The quantitative estimate of drug-likeness (QED) is 0.307. The highest BCUT2D eigenvalue weighted by molar-refractivity contribution is 5.94. The van der Waals surface area contributed by atoms with Gasteiger partial charge in [0.2, 0.25) is 11.8 Å². The van der Waals surface area contributed by atoms with Gasteiger partial charge >= 0.3 is 6.18 Å². The van der Waals surface area contributed by atoms with E-state index in [1.165, 1.54) is 16.8 Å². The molecule has 2 N–H and O–H groups in total. The fourth-order valence-corrected chi connectivity index (χ4v) is 5.42. The Morgan fingerprint density at radius 3 is 2.45 bits per heavy atom. The first-order chi connectivity index (χ1) is 19.9. The lowest BCUT2D eigenvalue weighted by atomic mass is 9.81. The van der Waals surface area contributed by atoms with Gasteiger partial charge in [0, 0.05) is 24.8 Å². The summed E-state index contributed by atoms with van der Waals surface area (Å²) in [7, 11) is 0. The summed E-state index contributed by atoms with van der Waals surface area (Å²) in [5.74, 6) is -4.21. The Balaban J connectivity index is 1.40. The van der Waals surface area contributed by atoms with E-state index in [-0.39, 0.29) is 43.1 Å². The molecule has 0 radical (unpaired) electrons. The molecule has 222 valence electrons. The minimum Gasteiger partial charge on any atom is -0.349 e. The predicted octanol–water partition coefficient (Wildman–Crippen LogP) is 5.81. The molecule has 13 heteroatoms. The lowest BCUT2D eigenvalue weighted by Crippen LogP contribution is -2.37. The smallest absolute Gasteiger partial charge is 0.349 e. The van der Waals surface area contributed by atoms with Crippen LogP contribution in [0.15, 0.2) is 42.7 Å². The molecule has 3 aromatic rings. The van der Waals surface area contributed by atoms with Gasteiger partial charge in [0.25, 0.3) is 5.91 Å². The van der Waals surface area contributed by atoms with Crippen molar-refractivity contribution < 1.29 is 31.5 Å². The number of amides is 2. The van der Waals surface area contributed by atoms with Gasteiger partial charge in [-0.05, 0) is 67.3 Å². The van der Waals surface area contributed by atoms with Gasteiger partial charge in [-0.25, -0.2) is 18.3 Å². The van der Waals surface area contributed by atoms with Crippen molar-refractivity contribution in [3.05, 3.63) is 65.1 Å². The fourth-order valence-electron chi connectivity index (χ4n) is 5.42. The topological polar surface area (TPSA) is 112 Å². The first kappa shape index (κ1) is 29.4. The van der Waals surface area contributed by atoms with E-state index >= 15 is 0 Å². The van der Waals surface area contributed by atoms with E-state index in [1.807, 2.05) is 6.07 Å². The van der Waals surface area contributed by atoms with Crippen molar-refractivity contribution in [2.24, 2.45) is 11.8 Å². The Morgan fingerprint density at radius 1 is 1.07 bits per heavy atom. The minimum absolute atomic E-state index is 0.0682. The Morgan fingerprint density at radius 2 is 1.79 bits per heavy atom.